The highest BCUT2D eigenvalue weighted by molar-refractivity contribution is 5.73. The number of carbonyl (C=O) groups is 1. The van der Waals surface area contributed by atoms with Crippen molar-refractivity contribution in [2.75, 3.05) is 12.8 Å². The normalized spacial score (nSPS) is 11.0. The molecule has 0 radical (unpaired) electrons. The minimum Gasteiger partial charge on any atom is -0.445 e. The maximum Gasteiger partial charge on any atom is 0.412 e. The van der Waals surface area contributed by atoms with Crippen LogP contribution in [0.25, 0.3) is 11.1 Å². The van der Waals surface area contributed by atoms with E-state index in [1.807, 2.05) is 0 Å². The van der Waals surface area contributed by atoms with Crippen LogP contribution in [0.3, 0.4) is 0 Å². The van der Waals surface area contributed by atoms with Crippen LogP contribution in [0.2, 0.25) is 0 Å². The SMILES string of the molecule is CNC(=O)Oc1ccc(-c2ccc(OC(N)(N)N)c(N)c2)cc1. The predicted molar refractivity (Wildman–Crippen MR) is 87.3 cm³/mol. The molecule has 8 heteroatoms. The Hall–Kier alpha value is -2.81. The Morgan fingerprint density at radius 3 is 2.17 bits per heavy atom. The van der Waals surface area contributed by atoms with Gasteiger partial charge in [-0.2, -0.15) is 0 Å². The van der Waals surface area contributed by atoms with Crippen molar-refractivity contribution in [3.8, 4) is 22.6 Å². The van der Waals surface area contributed by atoms with Gasteiger partial charge in [-0.1, -0.05) is 18.2 Å². The molecule has 122 valence electrons. The van der Waals surface area contributed by atoms with Crippen molar-refractivity contribution in [1.82, 2.24) is 5.32 Å². The largest absolute Gasteiger partial charge is 0.445 e. The lowest BCUT2D eigenvalue weighted by molar-refractivity contribution is 0.0911. The Morgan fingerprint density at radius 1 is 1.04 bits per heavy atom. The van der Waals surface area contributed by atoms with Crippen LogP contribution < -0.4 is 37.7 Å². The van der Waals surface area contributed by atoms with Gasteiger partial charge in [0.05, 0.1) is 5.69 Å². The Balaban J connectivity index is 2.19. The summed E-state index contributed by atoms with van der Waals surface area (Å²) in [5.41, 5.74) is 24.1. The first-order valence-corrected chi connectivity index (χ1v) is 6.73. The van der Waals surface area contributed by atoms with Gasteiger partial charge in [0.15, 0.2) is 0 Å². The summed E-state index contributed by atoms with van der Waals surface area (Å²) in [6.45, 7) is 0. The third-order valence-electron chi connectivity index (χ3n) is 2.90. The molecule has 0 saturated carbocycles. The first-order valence-electron chi connectivity index (χ1n) is 6.73. The second kappa shape index (κ2) is 6.53. The molecule has 0 aliphatic carbocycles. The summed E-state index contributed by atoms with van der Waals surface area (Å²) in [4.78, 5) is 11.1. The van der Waals surface area contributed by atoms with E-state index < -0.39 is 12.1 Å². The number of hydrogen-bond donors (Lipinski definition) is 5. The predicted octanol–water partition coefficient (Wildman–Crippen LogP) is 0.520. The Bertz CT molecular complexity index is 695. The van der Waals surface area contributed by atoms with Crippen LogP contribution in [0.4, 0.5) is 10.5 Å². The number of nitrogens with one attached hydrogen (secondary N) is 1. The third-order valence-corrected chi connectivity index (χ3v) is 2.90. The summed E-state index contributed by atoms with van der Waals surface area (Å²) in [5.74, 6) is -1.07. The quantitative estimate of drug-likeness (QED) is 0.407. The van der Waals surface area contributed by atoms with Crippen LogP contribution in [0.15, 0.2) is 42.5 Å². The summed E-state index contributed by atoms with van der Waals surface area (Å²) >= 11 is 0. The summed E-state index contributed by atoms with van der Waals surface area (Å²) < 4.78 is 10.2. The standard InChI is InChI=1S/C15H19N5O3/c1-20-14(21)22-11-5-2-9(3-6-11)10-4-7-13(12(16)8-10)23-15(17,18)19/h2-8H,16-19H2,1H3,(H,20,21). The van der Waals surface area contributed by atoms with E-state index in [4.69, 9.17) is 32.4 Å². The highest BCUT2D eigenvalue weighted by atomic mass is 16.6. The number of hydrogen-bond acceptors (Lipinski definition) is 7. The summed E-state index contributed by atoms with van der Waals surface area (Å²) in [7, 11) is 1.49. The number of ether oxygens (including phenoxy) is 2. The smallest absolute Gasteiger partial charge is 0.412 e. The van der Waals surface area contributed by atoms with Crippen molar-refractivity contribution in [2.24, 2.45) is 17.2 Å². The van der Waals surface area contributed by atoms with Crippen molar-refractivity contribution in [3.05, 3.63) is 42.5 Å². The van der Waals surface area contributed by atoms with Crippen molar-refractivity contribution in [2.45, 2.75) is 5.97 Å². The molecule has 1 amide bonds. The minimum absolute atomic E-state index is 0.292. The number of rotatable bonds is 4. The molecule has 0 saturated heterocycles. The van der Waals surface area contributed by atoms with Crippen LogP contribution >= 0.6 is 0 Å². The van der Waals surface area contributed by atoms with Crippen molar-refractivity contribution in [3.63, 3.8) is 0 Å². The fourth-order valence-corrected chi connectivity index (χ4v) is 1.88. The zero-order valence-electron chi connectivity index (χ0n) is 12.6. The van der Waals surface area contributed by atoms with E-state index in [9.17, 15) is 4.79 Å². The lowest BCUT2D eigenvalue weighted by atomic mass is 10.0. The summed E-state index contributed by atoms with van der Waals surface area (Å²) in [6.07, 6.45) is -0.530. The Labute approximate surface area is 133 Å². The van der Waals surface area contributed by atoms with E-state index in [0.717, 1.165) is 11.1 Å². The second-order valence-electron chi connectivity index (χ2n) is 4.87. The van der Waals surface area contributed by atoms with Crippen LogP contribution in [0.5, 0.6) is 11.5 Å². The van der Waals surface area contributed by atoms with Gasteiger partial charge >= 0.3 is 6.09 Å². The molecule has 23 heavy (non-hydrogen) atoms. The molecule has 0 unspecified atom stereocenters. The van der Waals surface area contributed by atoms with E-state index in [0.29, 0.717) is 17.2 Å². The lowest BCUT2D eigenvalue weighted by Crippen LogP contribution is -2.62. The molecule has 0 atom stereocenters. The van der Waals surface area contributed by atoms with Gasteiger partial charge in [0.1, 0.15) is 11.5 Å². The van der Waals surface area contributed by atoms with Gasteiger partial charge in [-0.15, -0.1) is 0 Å². The van der Waals surface area contributed by atoms with Crippen molar-refractivity contribution >= 4 is 11.8 Å². The van der Waals surface area contributed by atoms with Crippen LogP contribution in [0, 0.1) is 0 Å². The zero-order chi connectivity index (χ0) is 17.0. The number of carbonyl (C=O) groups excluding carboxylic acids is 1. The molecule has 0 aliphatic rings. The van der Waals surface area contributed by atoms with E-state index in [2.05, 4.69) is 5.32 Å². The molecule has 0 spiro atoms. The van der Waals surface area contributed by atoms with E-state index >= 15 is 0 Å². The van der Waals surface area contributed by atoms with Crippen LogP contribution in [-0.4, -0.2) is 19.1 Å². The molecule has 0 aromatic heterocycles. The van der Waals surface area contributed by atoms with Crippen LogP contribution in [-0.2, 0) is 0 Å². The third kappa shape index (κ3) is 4.58. The first-order chi connectivity index (χ1) is 10.8. The molecule has 2 rings (SSSR count). The fourth-order valence-electron chi connectivity index (χ4n) is 1.88. The van der Waals surface area contributed by atoms with Crippen molar-refractivity contribution in [1.29, 1.82) is 0 Å². The van der Waals surface area contributed by atoms with Gasteiger partial charge < -0.3 is 20.5 Å². The fraction of sp³-hybridized carbons (Fsp3) is 0.133. The maximum absolute atomic E-state index is 11.1. The van der Waals surface area contributed by atoms with Crippen molar-refractivity contribution < 1.29 is 14.3 Å². The molecule has 8 nitrogen and oxygen atoms in total. The summed E-state index contributed by atoms with van der Waals surface area (Å²) in [6, 6.07) is 12.1. The molecule has 2 aromatic carbocycles. The average Bonchev–Trinajstić information content (AvgIpc) is 2.49. The molecule has 9 N–H and O–H groups in total. The zero-order valence-corrected chi connectivity index (χ0v) is 12.6. The first kappa shape index (κ1) is 16.6. The van der Waals surface area contributed by atoms with Gasteiger partial charge in [0.25, 0.3) is 5.97 Å². The van der Waals surface area contributed by atoms with E-state index in [1.165, 1.54) is 7.05 Å². The Kier molecular flexibility index (Phi) is 4.70. The molecule has 2 aromatic rings. The molecular formula is C15H19N5O3. The molecular weight excluding hydrogens is 298 g/mol. The number of anilines is 1. The highest BCUT2D eigenvalue weighted by Gasteiger charge is 2.15. The topological polar surface area (TPSA) is 152 Å². The monoisotopic (exact) mass is 317 g/mol. The van der Waals surface area contributed by atoms with Gasteiger partial charge in [-0.25, -0.2) is 4.79 Å². The number of nitrogen functional groups attached to an aromatic ring is 1. The molecule has 0 bridgehead atoms. The molecule has 0 fully saturated rings. The number of benzene rings is 2. The lowest BCUT2D eigenvalue weighted by Gasteiger charge is -2.21. The van der Waals surface area contributed by atoms with E-state index in [1.54, 1.807) is 42.5 Å². The minimum atomic E-state index is -1.80. The van der Waals surface area contributed by atoms with E-state index in [-0.39, 0.29) is 0 Å². The van der Waals surface area contributed by atoms with Gasteiger partial charge in [-0.05, 0) is 35.4 Å². The molecule has 0 aliphatic heterocycles. The maximum atomic E-state index is 11.1. The summed E-state index contributed by atoms with van der Waals surface area (Å²) in [5, 5.41) is 2.37. The average molecular weight is 317 g/mol. The molecule has 0 heterocycles. The van der Waals surface area contributed by atoms with Crippen LogP contribution in [0.1, 0.15) is 0 Å². The second-order valence-corrected chi connectivity index (χ2v) is 4.87. The number of nitrogens with two attached hydrogens (primary N) is 4. The van der Waals surface area contributed by atoms with Gasteiger partial charge in [-0.3, -0.25) is 17.2 Å². The van der Waals surface area contributed by atoms with Gasteiger partial charge in [0, 0.05) is 7.05 Å². The highest BCUT2D eigenvalue weighted by Crippen LogP contribution is 2.30. The van der Waals surface area contributed by atoms with Gasteiger partial charge in [0.2, 0.25) is 0 Å². The number of amides is 1. The Morgan fingerprint density at radius 2 is 1.65 bits per heavy atom.